The Balaban J connectivity index is 1.60. The summed E-state index contributed by atoms with van der Waals surface area (Å²) in [7, 11) is -2.39. The molecule has 0 bridgehead atoms. The van der Waals surface area contributed by atoms with E-state index in [1.807, 2.05) is 54.6 Å². The molecule has 4 rings (SSSR count). The van der Waals surface area contributed by atoms with Crippen LogP contribution in [0.25, 0.3) is 10.8 Å². The van der Waals surface area contributed by atoms with Crippen LogP contribution in [0.4, 0.5) is 5.69 Å². The van der Waals surface area contributed by atoms with E-state index >= 15 is 0 Å². The summed E-state index contributed by atoms with van der Waals surface area (Å²) in [4.78, 5) is 13.2. The lowest BCUT2D eigenvalue weighted by atomic mass is 10.1. The molecular weight excluding hydrogens is 436 g/mol. The maximum Gasteiger partial charge on any atom is 0.242 e. The van der Waals surface area contributed by atoms with Crippen LogP contribution in [0.5, 0.6) is 5.75 Å². The molecule has 0 spiro atoms. The lowest BCUT2D eigenvalue weighted by molar-refractivity contribution is -0.117. The second-order valence-electron chi connectivity index (χ2n) is 7.59. The van der Waals surface area contributed by atoms with Gasteiger partial charge in [-0.2, -0.15) is 4.72 Å². The summed E-state index contributed by atoms with van der Waals surface area (Å²) in [5.74, 6) is 0.208. The van der Waals surface area contributed by atoms with E-state index in [0.717, 1.165) is 16.3 Å². The molecule has 1 atom stereocenters. The number of sulfonamides is 1. The second-order valence-corrected chi connectivity index (χ2v) is 9.30. The van der Waals surface area contributed by atoms with Crippen LogP contribution in [0, 0.1) is 0 Å². The molecule has 1 amide bonds. The molecule has 168 valence electrons. The van der Waals surface area contributed by atoms with E-state index in [1.54, 1.807) is 49.6 Å². The monoisotopic (exact) mass is 460 g/mol. The summed E-state index contributed by atoms with van der Waals surface area (Å²) >= 11 is 0. The van der Waals surface area contributed by atoms with Gasteiger partial charge in [-0.3, -0.25) is 4.79 Å². The van der Waals surface area contributed by atoms with E-state index in [-0.39, 0.29) is 11.3 Å². The highest BCUT2D eigenvalue weighted by Gasteiger charge is 2.26. The molecule has 7 heteroatoms. The molecule has 33 heavy (non-hydrogen) atoms. The first-order chi connectivity index (χ1) is 15.9. The number of rotatable bonds is 8. The van der Waals surface area contributed by atoms with Crippen molar-refractivity contribution in [3.05, 3.63) is 103 Å². The highest BCUT2D eigenvalue weighted by molar-refractivity contribution is 7.89. The predicted octanol–water partition coefficient (Wildman–Crippen LogP) is 4.38. The molecule has 0 aliphatic rings. The van der Waals surface area contributed by atoms with Crippen molar-refractivity contribution >= 4 is 32.4 Å². The number of hydrogen-bond acceptors (Lipinski definition) is 4. The van der Waals surface area contributed by atoms with Crippen molar-refractivity contribution in [2.45, 2.75) is 17.4 Å². The summed E-state index contributed by atoms with van der Waals surface area (Å²) in [6.07, 6.45) is 0.204. The maximum absolute atomic E-state index is 13.2. The van der Waals surface area contributed by atoms with Gasteiger partial charge in [-0.25, -0.2) is 8.42 Å². The number of ether oxygens (including phenoxy) is 1. The number of carbonyl (C=O) groups is 1. The average Bonchev–Trinajstić information content (AvgIpc) is 2.84. The molecule has 0 radical (unpaired) electrons. The number of carbonyl (C=O) groups excluding carboxylic acids is 1. The molecular formula is C26H24N2O4S. The van der Waals surface area contributed by atoms with Gasteiger partial charge >= 0.3 is 0 Å². The molecule has 4 aromatic rings. The third kappa shape index (κ3) is 5.58. The third-order valence-corrected chi connectivity index (χ3v) is 6.75. The zero-order chi connectivity index (χ0) is 23.3. The molecule has 0 aliphatic carbocycles. The lowest BCUT2D eigenvalue weighted by Gasteiger charge is -2.19. The molecule has 0 saturated heterocycles. The van der Waals surface area contributed by atoms with Gasteiger partial charge in [-0.1, -0.05) is 60.7 Å². The summed E-state index contributed by atoms with van der Waals surface area (Å²) < 4.78 is 34.2. The van der Waals surface area contributed by atoms with E-state index in [2.05, 4.69) is 10.0 Å². The Labute approximate surface area is 193 Å². The van der Waals surface area contributed by atoms with Gasteiger partial charge in [0.1, 0.15) is 11.8 Å². The minimum atomic E-state index is -3.95. The van der Waals surface area contributed by atoms with Gasteiger partial charge in [0.25, 0.3) is 0 Å². The number of hydrogen-bond donors (Lipinski definition) is 2. The van der Waals surface area contributed by atoms with Crippen LogP contribution >= 0.6 is 0 Å². The van der Waals surface area contributed by atoms with Gasteiger partial charge in [-0.15, -0.1) is 0 Å². The fourth-order valence-corrected chi connectivity index (χ4v) is 4.76. The van der Waals surface area contributed by atoms with Crippen LogP contribution in [-0.4, -0.2) is 27.5 Å². The van der Waals surface area contributed by atoms with Gasteiger partial charge in [0.2, 0.25) is 15.9 Å². The van der Waals surface area contributed by atoms with Crippen molar-refractivity contribution in [1.82, 2.24) is 4.72 Å². The van der Waals surface area contributed by atoms with Crippen molar-refractivity contribution in [2.24, 2.45) is 0 Å². The SMILES string of the molecule is COc1ccc(NC(=O)[C@@H](Cc2ccccc2)NS(=O)(=O)c2ccc3ccccc3c2)cc1. The van der Waals surface area contributed by atoms with Crippen molar-refractivity contribution in [3.8, 4) is 5.75 Å². The minimum absolute atomic E-state index is 0.108. The first kappa shape index (κ1) is 22.5. The topological polar surface area (TPSA) is 84.5 Å². The van der Waals surface area contributed by atoms with E-state index in [1.165, 1.54) is 0 Å². The third-order valence-electron chi connectivity index (χ3n) is 5.29. The molecule has 6 nitrogen and oxygen atoms in total. The molecule has 2 N–H and O–H groups in total. The van der Waals surface area contributed by atoms with Gasteiger partial charge in [0, 0.05) is 5.69 Å². The predicted molar refractivity (Wildman–Crippen MR) is 130 cm³/mol. The summed E-state index contributed by atoms with van der Waals surface area (Å²) in [5, 5.41) is 4.54. The van der Waals surface area contributed by atoms with Crippen LogP contribution < -0.4 is 14.8 Å². The van der Waals surface area contributed by atoms with Crippen LogP contribution in [0.15, 0.2) is 102 Å². The number of benzene rings is 4. The number of amides is 1. The molecule has 0 aliphatic heterocycles. The Morgan fingerprint density at radius 1 is 0.848 bits per heavy atom. The number of anilines is 1. The normalized spacial score (nSPS) is 12.3. The fourth-order valence-electron chi connectivity index (χ4n) is 3.53. The quantitative estimate of drug-likeness (QED) is 0.409. The van der Waals surface area contributed by atoms with Crippen molar-refractivity contribution in [2.75, 3.05) is 12.4 Å². The van der Waals surface area contributed by atoms with Gasteiger partial charge < -0.3 is 10.1 Å². The Kier molecular flexibility index (Phi) is 6.72. The Bertz CT molecular complexity index is 1350. The van der Waals surface area contributed by atoms with E-state index < -0.39 is 22.0 Å². The lowest BCUT2D eigenvalue weighted by Crippen LogP contribution is -2.45. The fraction of sp³-hybridized carbons (Fsp3) is 0.115. The summed E-state index contributed by atoms with van der Waals surface area (Å²) in [5.41, 5.74) is 1.39. The van der Waals surface area contributed by atoms with Crippen LogP contribution in [-0.2, 0) is 21.2 Å². The van der Waals surface area contributed by atoms with E-state index in [0.29, 0.717) is 11.4 Å². The largest absolute Gasteiger partial charge is 0.497 e. The van der Waals surface area contributed by atoms with Crippen LogP contribution in [0.1, 0.15) is 5.56 Å². The number of fused-ring (bicyclic) bond motifs is 1. The minimum Gasteiger partial charge on any atom is -0.497 e. The standard InChI is InChI=1S/C26H24N2O4S/c1-32-23-14-12-22(13-15-23)27-26(29)25(17-19-7-3-2-4-8-19)28-33(30,31)24-16-11-20-9-5-6-10-21(20)18-24/h2-16,18,25,28H,17H2,1H3,(H,27,29)/t25-/m1/s1. The van der Waals surface area contributed by atoms with E-state index in [9.17, 15) is 13.2 Å². The number of nitrogens with one attached hydrogen (secondary N) is 2. The van der Waals surface area contributed by atoms with Gasteiger partial charge in [0.05, 0.1) is 12.0 Å². The molecule has 0 saturated carbocycles. The smallest absolute Gasteiger partial charge is 0.242 e. The van der Waals surface area contributed by atoms with Crippen molar-refractivity contribution < 1.29 is 17.9 Å². The Morgan fingerprint density at radius 2 is 1.52 bits per heavy atom. The van der Waals surface area contributed by atoms with E-state index in [4.69, 9.17) is 4.74 Å². The van der Waals surface area contributed by atoms with Crippen molar-refractivity contribution in [1.29, 1.82) is 0 Å². The molecule has 4 aromatic carbocycles. The van der Waals surface area contributed by atoms with Crippen LogP contribution in [0.3, 0.4) is 0 Å². The average molecular weight is 461 g/mol. The summed E-state index contributed by atoms with van der Waals surface area (Å²) in [6.45, 7) is 0. The molecule has 0 fully saturated rings. The Morgan fingerprint density at radius 3 is 2.21 bits per heavy atom. The molecule has 0 aromatic heterocycles. The Hall–Kier alpha value is -3.68. The first-order valence-corrected chi connectivity index (χ1v) is 11.9. The summed E-state index contributed by atoms with van der Waals surface area (Å²) in [6, 6.07) is 27.6. The van der Waals surface area contributed by atoms with Gasteiger partial charge in [-0.05, 0) is 59.2 Å². The molecule has 0 unspecified atom stereocenters. The van der Waals surface area contributed by atoms with Crippen molar-refractivity contribution in [3.63, 3.8) is 0 Å². The zero-order valence-electron chi connectivity index (χ0n) is 18.1. The zero-order valence-corrected chi connectivity index (χ0v) is 18.9. The molecule has 0 heterocycles. The highest BCUT2D eigenvalue weighted by atomic mass is 32.2. The maximum atomic E-state index is 13.2. The highest BCUT2D eigenvalue weighted by Crippen LogP contribution is 2.20. The van der Waals surface area contributed by atoms with Gasteiger partial charge in [0.15, 0.2) is 0 Å². The first-order valence-electron chi connectivity index (χ1n) is 10.4. The number of methoxy groups -OCH3 is 1. The second kappa shape index (κ2) is 9.85. The van der Waals surface area contributed by atoms with Crippen LogP contribution in [0.2, 0.25) is 0 Å².